The van der Waals surface area contributed by atoms with Gasteiger partial charge >= 0.3 is 771 Å². The third kappa shape index (κ3) is 24.6. The number of rotatable bonds is 14. The van der Waals surface area contributed by atoms with Crippen LogP contribution in [0.2, 0.25) is 86.3 Å². The molecule has 0 spiro atoms. The molecule has 0 atom stereocenters. The number of nitrogens with zero attached hydrogens (tertiary/aromatic N) is 5. The van der Waals surface area contributed by atoms with Crippen molar-refractivity contribution in [3.8, 4) is 89.7 Å². The molecule has 5 heterocycles. The van der Waals surface area contributed by atoms with Crippen molar-refractivity contribution in [3.63, 3.8) is 0 Å². The second-order valence-corrected chi connectivity index (χ2v) is 92.1. The number of hydrogen-bond donors (Lipinski definition) is 0. The second-order valence-electron chi connectivity index (χ2n) is 39.1. The van der Waals surface area contributed by atoms with Gasteiger partial charge in [0, 0.05) is 0 Å². The Balaban J connectivity index is 0.000000194. The zero-order valence-corrected chi connectivity index (χ0v) is 88.2. The molecule has 120 heavy (non-hydrogen) atoms. The summed E-state index contributed by atoms with van der Waals surface area (Å²) < 4.78 is 154. The van der Waals surface area contributed by atoms with Gasteiger partial charge in [0.25, 0.3) is 0 Å². The average Bonchev–Trinajstić information content (AvgIpc) is 0.584. The number of hydrogen-bond acceptors (Lipinski definition) is 0. The van der Waals surface area contributed by atoms with E-state index in [1.54, 1.807) is 30.3 Å². The summed E-state index contributed by atoms with van der Waals surface area (Å²) in [7, 11) is 10.3. The molecule has 13 aromatic rings. The topological polar surface area (TPSA) is 19.4 Å². The van der Waals surface area contributed by atoms with E-state index < -0.39 is 112 Å². The van der Waals surface area contributed by atoms with Crippen LogP contribution in [-0.2, 0) is 41.6 Å². The van der Waals surface area contributed by atoms with Gasteiger partial charge in [-0.25, -0.2) is 0 Å². The van der Waals surface area contributed by atoms with E-state index in [1.807, 2.05) is 196 Å². The monoisotopic (exact) mass is 1920 g/mol. The van der Waals surface area contributed by atoms with Crippen molar-refractivity contribution in [1.82, 2.24) is 0 Å². The van der Waals surface area contributed by atoms with E-state index in [1.165, 1.54) is 28.7 Å². The Kier molecular flexibility index (Phi) is 24.2. The SMILES string of the molecule is [2H]C([2H])([2H])c1cc(C)c(-c2cc(C([2H])([2H])C(C)(C)C)[c]([Ge]([CH3])([CH3])[CH3])c[n+]2C)cc1-c1ccccc1.[2H]C([2H])([2H])c1cc(C)c(-c2cc(C)[c]([Ge]([CH3])([CH3])[CH3])c[n+]2C)cc1-c1ccccc1.[2H]C([2H])([2H])c1cc(C)c(-c2cc[c]([Ge]([CH3])([CH3])[CH3])c[n+]2C)cc1-c1ccccc1.[2H]C([2H])([2H])c1ccc(-c2cc(C)[c]([Ge]([CH3])([CH3])[CH3])c[n+]2C)c(C)c1.[2H]C([2H])([2H])c1ccc(-c2cc[c]([Ge]([CH3])([CH3])[CH3])c[n+]2C)c(C)c1. The molecule has 0 radical (unpaired) electrons. The zero-order valence-electron chi connectivity index (χ0n) is 94.8. The van der Waals surface area contributed by atoms with Gasteiger partial charge in [-0.2, -0.15) is 0 Å². The van der Waals surface area contributed by atoms with Gasteiger partial charge in [0.1, 0.15) is 0 Å². The minimum atomic E-state index is -2.43. The predicted octanol–water partition coefficient (Wildman–Crippen LogP) is 23.9. The number of benzene rings is 8. The normalized spacial score (nSPS) is 14.6. The van der Waals surface area contributed by atoms with Gasteiger partial charge in [-0.3, -0.25) is 0 Å². The molecule has 0 amide bonds. The standard InChI is InChI=1S/C28H38GeN.C24H30GeN.C23H28GeN.C18H26GeN.C17H24GeN/c1-20-15-21(2)25(17-24(20)22-13-11-10-12-14-22)27-16-23(18-28(3,4)5)26(19-30(27)9)29(6,7)8;1-17-13-18(2)22(15-21(17)20-11-9-8-10-12-20)24-14-19(3)23(16-26(24)7)25(4,5)6;1-17-14-18(2)22(15-21(17)19-10-8-7-9-11-19)23-13-12-20(16-25(23)6)24(3,4)5;1-13-8-9-16(14(2)10-13)18-11-15(3)17(12-20(18)7)19(4,5)6;1-13-7-9-16(14(2)11-13)17-10-8-15(12-19(17)6)18(3,4)5/h10-17,19H,18H2,1-9H3;8-16H,1-7H3;7-16H,1-6H3;8-12H,1-7H3;7-12H,1-6H3/q5*+1/i1D3,18D2;4*1D3. The fourth-order valence-corrected chi connectivity index (χ4v) is 31.5. The van der Waals surface area contributed by atoms with Gasteiger partial charge in [0.05, 0.1) is 0 Å². The molecule has 13 rings (SSSR count). The van der Waals surface area contributed by atoms with Crippen LogP contribution in [0.15, 0.2) is 237 Å². The van der Waals surface area contributed by atoms with Crippen molar-refractivity contribution < 1.29 is 46.1 Å². The van der Waals surface area contributed by atoms with E-state index in [0.717, 1.165) is 122 Å². The Labute approximate surface area is 764 Å². The van der Waals surface area contributed by atoms with Gasteiger partial charge in [0.15, 0.2) is 0 Å². The van der Waals surface area contributed by atoms with Crippen LogP contribution in [0.5, 0.6) is 0 Å². The van der Waals surface area contributed by atoms with E-state index >= 15 is 0 Å². The molecular weight excluding hydrogens is 1750 g/mol. The maximum absolute atomic E-state index is 9.13. The maximum atomic E-state index is 9.13. The van der Waals surface area contributed by atoms with Crippen molar-refractivity contribution in [2.45, 2.75) is 196 Å². The van der Waals surface area contributed by atoms with Crippen LogP contribution >= 0.6 is 0 Å². The van der Waals surface area contributed by atoms with Crippen molar-refractivity contribution in [1.29, 1.82) is 0 Å². The molecule has 0 N–H and O–H groups in total. The summed E-state index contributed by atoms with van der Waals surface area (Å²) in [5.74, 6) is 35.6. The van der Waals surface area contributed by atoms with Crippen LogP contribution in [0.3, 0.4) is 0 Å². The summed E-state index contributed by atoms with van der Waals surface area (Å²) in [5.41, 5.74) is 25.2. The third-order valence-electron chi connectivity index (χ3n) is 22.3. The molecule has 5 aromatic heterocycles. The first-order valence-electron chi connectivity index (χ1n) is 50.6. The fraction of sp³-hybridized carbons (Fsp3) is 0.336. The zero-order chi connectivity index (χ0) is 103. The molecule has 0 saturated heterocycles. The van der Waals surface area contributed by atoms with Crippen LogP contribution in [0.4, 0.5) is 0 Å². The summed E-state index contributed by atoms with van der Waals surface area (Å²) in [6, 6.07) is 66.9. The van der Waals surface area contributed by atoms with E-state index in [-0.39, 0.29) is 0 Å². The van der Waals surface area contributed by atoms with Gasteiger partial charge in [-0.15, -0.1) is 0 Å². The molecule has 0 aliphatic heterocycles. The van der Waals surface area contributed by atoms with Crippen LogP contribution in [0, 0.1) is 88.1 Å². The van der Waals surface area contributed by atoms with Crippen molar-refractivity contribution in [2.75, 3.05) is 0 Å². The Bertz CT molecular complexity index is 6480. The Morgan fingerprint density at radius 2 is 0.550 bits per heavy atom. The minimum absolute atomic E-state index is 0.333. The summed E-state index contributed by atoms with van der Waals surface area (Å²) >= 11 is -10.0. The van der Waals surface area contributed by atoms with E-state index in [2.05, 4.69) is 225 Å². The average molecular weight is 1920 g/mol. The molecule has 0 fully saturated rings. The van der Waals surface area contributed by atoms with Crippen LogP contribution in [0.25, 0.3) is 89.7 Å². The van der Waals surface area contributed by atoms with E-state index in [9.17, 15) is 0 Å². The summed E-state index contributed by atoms with van der Waals surface area (Å²) in [4.78, 5) is 0. The third-order valence-corrected chi connectivity index (χ3v) is 44.1. The number of aryl methyl sites for hydroxylation is 17. The fourth-order valence-electron chi connectivity index (χ4n) is 15.7. The summed E-state index contributed by atoms with van der Waals surface area (Å²) in [6.45, 7) is 9.46. The summed E-state index contributed by atoms with van der Waals surface area (Å²) in [6.07, 6.45) is 9.61. The molecule has 8 aromatic carbocycles. The van der Waals surface area contributed by atoms with E-state index in [0.29, 0.717) is 33.4 Å². The molecule has 5 nitrogen and oxygen atoms in total. The Hall–Kier alpha value is -7.78. The van der Waals surface area contributed by atoms with Crippen molar-refractivity contribution >= 4 is 88.3 Å². The van der Waals surface area contributed by atoms with Crippen LogP contribution < -0.4 is 44.8 Å². The first kappa shape index (κ1) is 73.7. The molecule has 0 bridgehead atoms. The Morgan fingerprint density at radius 1 is 0.258 bits per heavy atom. The van der Waals surface area contributed by atoms with Crippen LogP contribution in [0.1, 0.15) is 116 Å². The second kappa shape index (κ2) is 39.4. The molecule has 0 aliphatic rings. The first-order valence-corrected chi connectivity index (χ1v) is 78.8. The van der Waals surface area contributed by atoms with Gasteiger partial charge in [-0.1, -0.05) is 0 Å². The molecule has 0 aliphatic carbocycles. The molecule has 0 saturated carbocycles. The van der Waals surface area contributed by atoms with E-state index in [4.69, 9.17) is 23.3 Å². The first-order chi connectivity index (χ1) is 62.6. The molecular formula is C110H146Ge5N5+5. The predicted molar refractivity (Wildman–Crippen MR) is 536 cm³/mol. The van der Waals surface area contributed by atoms with Crippen molar-refractivity contribution in [2.24, 2.45) is 40.7 Å². The number of pyridine rings is 5. The summed E-state index contributed by atoms with van der Waals surface area (Å²) in [5, 5.41) is 0. The Morgan fingerprint density at radius 3 is 0.850 bits per heavy atom. The molecule has 0 unspecified atom stereocenters. The quantitative estimate of drug-likeness (QED) is 0.0764. The van der Waals surface area contributed by atoms with Gasteiger partial charge in [0.2, 0.25) is 0 Å². The van der Waals surface area contributed by atoms with Gasteiger partial charge < -0.3 is 0 Å². The number of aromatic nitrogens is 5. The van der Waals surface area contributed by atoms with Crippen molar-refractivity contribution in [3.05, 3.63) is 310 Å². The van der Waals surface area contributed by atoms with Crippen LogP contribution in [-0.4, -0.2) is 66.3 Å². The molecule has 626 valence electrons. The molecule has 10 heteroatoms. The van der Waals surface area contributed by atoms with Gasteiger partial charge in [-0.05, 0) is 0 Å².